The second-order valence-electron chi connectivity index (χ2n) is 4.27. The number of carbonyl (C=O) groups excluding carboxylic acids is 1. The monoisotopic (exact) mass is 314 g/mol. The highest BCUT2D eigenvalue weighted by atomic mass is 35.5. The van der Waals surface area contributed by atoms with Gasteiger partial charge in [0.1, 0.15) is 0 Å². The average Bonchev–Trinajstić information content (AvgIpc) is 2.40. The molecule has 110 valence electrons. The number of benzene rings is 2. The molecule has 0 unspecified atom stereocenters. The van der Waals surface area contributed by atoms with Gasteiger partial charge in [-0.05, 0) is 42.5 Å². The van der Waals surface area contributed by atoms with Crippen LogP contribution in [0.25, 0.3) is 0 Å². The Hall–Kier alpha value is -2.21. The van der Waals surface area contributed by atoms with Crippen LogP contribution in [-0.2, 0) is 6.18 Å². The maximum Gasteiger partial charge on any atom is 0.416 e. The van der Waals surface area contributed by atoms with Gasteiger partial charge in [0, 0.05) is 11.3 Å². The van der Waals surface area contributed by atoms with Crippen LogP contribution in [0.2, 0.25) is 5.02 Å². The molecule has 3 nitrogen and oxygen atoms in total. The number of hydrogen-bond donors (Lipinski definition) is 2. The van der Waals surface area contributed by atoms with E-state index in [4.69, 9.17) is 17.3 Å². The number of nitrogen functional groups attached to an aromatic ring is 1. The quantitative estimate of drug-likeness (QED) is 0.816. The molecule has 0 aliphatic heterocycles. The van der Waals surface area contributed by atoms with Crippen LogP contribution in [0, 0.1) is 0 Å². The molecule has 2 aromatic carbocycles. The molecule has 0 saturated carbocycles. The van der Waals surface area contributed by atoms with Gasteiger partial charge < -0.3 is 11.1 Å². The van der Waals surface area contributed by atoms with Gasteiger partial charge in [-0.25, -0.2) is 0 Å². The number of amides is 1. The molecular weight excluding hydrogens is 305 g/mol. The average molecular weight is 315 g/mol. The number of nitrogens with two attached hydrogens (primary N) is 1. The summed E-state index contributed by atoms with van der Waals surface area (Å²) in [6, 6.07) is 8.82. The Bertz CT molecular complexity index is 669. The smallest absolute Gasteiger partial charge is 0.399 e. The zero-order valence-electron chi connectivity index (χ0n) is 10.5. The topological polar surface area (TPSA) is 55.1 Å². The van der Waals surface area contributed by atoms with Gasteiger partial charge in [0.2, 0.25) is 0 Å². The van der Waals surface area contributed by atoms with E-state index in [1.165, 1.54) is 12.1 Å². The number of alkyl halides is 3. The molecule has 0 aliphatic rings. The molecule has 2 aromatic rings. The minimum Gasteiger partial charge on any atom is -0.399 e. The largest absolute Gasteiger partial charge is 0.416 e. The van der Waals surface area contributed by atoms with Gasteiger partial charge in [0.05, 0.1) is 16.3 Å². The summed E-state index contributed by atoms with van der Waals surface area (Å²) >= 11 is 5.76. The van der Waals surface area contributed by atoms with E-state index in [0.29, 0.717) is 11.3 Å². The van der Waals surface area contributed by atoms with E-state index in [1.807, 2.05) is 0 Å². The Balaban J connectivity index is 2.20. The lowest BCUT2D eigenvalue weighted by molar-refractivity contribution is -0.137. The highest BCUT2D eigenvalue weighted by Gasteiger charge is 2.31. The van der Waals surface area contributed by atoms with E-state index in [9.17, 15) is 18.0 Å². The third-order valence-electron chi connectivity index (χ3n) is 2.72. The van der Waals surface area contributed by atoms with Gasteiger partial charge in [-0.15, -0.1) is 0 Å². The summed E-state index contributed by atoms with van der Waals surface area (Å²) < 4.78 is 37.5. The van der Waals surface area contributed by atoms with Crippen molar-refractivity contribution in [3.63, 3.8) is 0 Å². The van der Waals surface area contributed by atoms with Gasteiger partial charge in [-0.1, -0.05) is 11.6 Å². The molecule has 0 saturated heterocycles. The summed E-state index contributed by atoms with van der Waals surface area (Å²) in [7, 11) is 0. The lowest BCUT2D eigenvalue weighted by Crippen LogP contribution is -2.13. The van der Waals surface area contributed by atoms with Crippen molar-refractivity contribution in [3.8, 4) is 0 Å². The molecule has 0 aromatic heterocycles. The molecular formula is C14H10ClF3N2O. The van der Waals surface area contributed by atoms with Gasteiger partial charge >= 0.3 is 6.18 Å². The van der Waals surface area contributed by atoms with Crippen LogP contribution in [-0.4, -0.2) is 5.91 Å². The van der Waals surface area contributed by atoms with Crippen LogP contribution in [0.1, 0.15) is 15.9 Å². The van der Waals surface area contributed by atoms with E-state index in [2.05, 4.69) is 5.32 Å². The molecule has 2 rings (SSSR count). The third kappa shape index (κ3) is 3.66. The predicted octanol–water partition coefficient (Wildman–Crippen LogP) is 4.19. The number of anilines is 2. The predicted molar refractivity (Wildman–Crippen MR) is 75.3 cm³/mol. The normalized spacial score (nSPS) is 11.2. The van der Waals surface area contributed by atoms with Crippen LogP contribution in [0.15, 0.2) is 42.5 Å². The number of carbonyl (C=O) groups is 1. The Kier molecular flexibility index (Phi) is 4.09. The molecule has 3 N–H and O–H groups in total. The van der Waals surface area contributed by atoms with E-state index in [0.717, 1.165) is 18.2 Å². The van der Waals surface area contributed by atoms with Crippen molar-refractivity contribution >= 4 is 28.9 Å². The van der Waals surface area contributed by atoms with Crippen LogP contribution in [0.4, 0.5) is 24.5 Å². The Morgan fingerprint density at radius 2 is 1.71 bits per heavy atom. The first-order chi connectivity index (χ1) is 9.77. The molecule has 7 heteroatoms. The first-order valence-electron chi connectivity index (χ1n) is 5.81. The van der Waals surface area contributed by atoms with Crippen molar-refractivity contribution in [1.82, 2.24) is 0 Å². The summed E-state index contributed by atoms with van der Waals surface area (Å²) in [5.74, 6) is -0.489. The zero-order chi connectivity index (χ0) is 15.6. The van der Waals surface area contributed by atoms with Gasteiger partial charge in [-0.2, -0.15) is 13.2 Å². The minimum absolute atomic E-state index is 0.103. The van der Waals surface area contributed by atoms with Crippen molar-refractivity contribution in [3.05, 3.63) is 58.6 Å². The van der Waals surface area contributed by atoms with Crippen LogP contribution in [0.5, 0.6) is 0 Å². The lowest BCUT2D eigenvalue weighted by atomic mass is 10.1. The maximum absolute atomic E-state index is 12.5. The van der Waals surface area contributed by atoms with E-state index < -0.39 is 17.6 Å². The highest BCUT2D eigenvalue weighted by Crippen LogP contribution is 2.33. The molecule has 0 heterocycles. The van der Waals surface area contributed by atoms with Crippen LogP contribution < -0.4 is 11.1 Å². The number of hydrogen-bond acceptors (Lipinski definition) is 2. The van der Waals surface area contributed by atoms with Crippen molar-refractivity contribution in [2.75, 3.05) is 11.1 Å². The SMILES string of the molecule is Nc1ccc(C(=O)Nc2ccc(C(F)(F)F)cc2Cl)cc1. The second-order valence-corrected chi connectivity index (χ2v) is 4.68. The molecule has 0 bridgehead atoms. The first kappa shape index (κ1) is 15.2. The van der Waals surface area contributed by atoms with Gasteiger partial charge in [-0.3, -0.25) is 4.79 Å². The Morgan fingerprint density at radius 3 is 2.24 bits per heavy atom. The second kappa shape index (κ2) is 5.65. The third-order valence-corrected chi connectivity index (χ3v) is 3.03. The van der Waals surface area contributed by atoms with E-state index in [-0.39, 0.29) is 10.7 Å². The summed E-state index contributed by atoms with van der Waals surface area (Å²) in [4.78, 5) is 11.9. The van der Waals surface area contributed by atoms with Crippen molar-refractivity contribution in [2.24, 2.45) is 0 Å². The standard InChI is InChI=1S/C14H10ClF3N2O/c15-11-7-9(14(16,17)18)3-6-12(11)20-13(21)8-1-4-10(19)5-2-8/h1-7H,19H2,(H,20,21). The van der Waals surface area contributed by atoms with E-state index in [1.54, 1.807) is 12.1 Å². The fourth-order valence-electron chi connectivity index (χ4n) is 1.62. The Morgan fingerprint density at radius 1 is 1.10 bits per heavy atom. The van der Waals surface area contributed by atoms with Crippen molar-refractivity contribution in [2.45, 2.75) is 6.18 Å². The minimum atomic E-state index is -4.48. The maximum atomic E-state index is 12.5. The summed E-state index contributed by atoms with van der Waals surface area (Å²) in [6.45, 7) is 0. The summed E-state index contributed by atoms with van der Waals surface area (Å²) in [6.07, 6.45) is -4.48. The number of nitrogens with one attached hydrogen (secondary N) is 1. The molecule has 0 spiro atoms. The molecule has 0 atom stereocenters. The molecule has 0 fully saturated rings. The lowest BCUT2D eigenvalue weighted by Gasteiger charge is -2.11. The first-order valence-corrected chi connectivity index (χ1v) is 6.19. The Labute approximate surface area is 123 Å². The molecule has 0 aliphatic carbocycles. The summed E-state index contributed by atoms with van der Waals surface area (Å²) in [5.41, 5.74) is 5.55. The van der Waals surface area contributed by atoms with Gasteiger partial charge in [0.15, 0.2) is 0 Å². The molecule has 21 heavy (non-hydrogen) atoms. The fourth-order valence-corrected chi connectivity index (χ4v) is 1.85. The van der Waals surface area contributed by atoms with Crippen LogP contribution in [0.3, 0.4) is 0 Å². The highest BCUT2D eigenvalue weighted by molar-refractivity contribution is 6.34. The van der Waals surface area contributed by atoms with Crippen LogP contribution >= 0.6 is 11.6 Å². The molecule has 1 amide bonds. The zero-order valence-corrected chi connectivity index (χ0v) is 11.3. The number of halogens is 4. The van der Waals surface area contributed by atoms with E-state index >= 15 is 0 Å². The molecule has 0 radical (unpaired) electrons. The van der Waals surface area contributed by atoms with Gasteiger partial charge in [0.25, 0.3) is 5.91 Å². The van der Waals surface area contributed by atoms with Crippen molar-refractivity contribution in [1.29, 1.82) is 0 Å². The summed E-state index contributed by atoms with van der Waals surface area (Å²) in [5, 5.41) is 2.26. The number of rotatable bonds is 2. The fraction of sp³-hybridized carbons (Fsp3) is 0.0714. The van der Waals surface area contributed by atoms with Crippen molar-refractivity contribution < 1.29 is 18.0 Å².